The average molecular weight is 1120 g/mol. The molecule has 25 heteroatoms. The first-order valence-corrected chi connectivity index (χ1v) is 27.9. The Hall–Kier alpha value is -7.63. The molecule has 4 aromatic heterocycles. The van der Waals surface area contributed by atoms with Gasteiger partial charge in [-0.05, 0) is 116 Å². The molecule has 0 saturated carbocycles. The van der Waals surface area contributed by atoms with Crippen LogP contribution in [-0.2, 0) is 23.6 Å². The maximum absolute atomic E-state index is 13.9. The molecular formula is C55H73N14O10P. The second kappa shape index (κ2) is 24.8. The van der Waals surface area contributed by atoms with Gasteiger partial charge in [-0.25, -0.2) is 29.1 Å². The highest BCUT2D eigenvalue weighted by molar-refractivity contribution is 7.30. The summed E-state index contributed by atoms with van der Waals surface area (Å²) >= 11 is 0. The van der Waals surface area contributed by atoms with Gasteiger partial charge < -0.3 is 50.9 Å². The standard InChI is InChI=1S/C30H39N7O4.C25H31N7O2.HO4P.H2/c1-18-10-11-23(31-20(3)38)22(13-18)28(39)36-12-8-7-9-25(36)24-14-26-33-27(19(2)15-37(26)34-24)35-16-21(17-35)32-29(40)41-30(4,5)6;1-15-7-8-20(27-17(3)33)19(10-15)25(34)31-9-5-4-6-22(31)21-11-23-28-24(30-13-18(26)14-30)16(2)12-32(23)29-21;1-4-5(2)3;/h10-11,13-15,21,25H,7-9,12,16-17H2,1-6H3,(H,31,38)(H,32,40);7-8,10-12,18,22H,4-6,9,13-14,26H2,1-3H3,(H,27,33);1H;1H/t25-;22-;;/m00../s1. The number of nitrogens with two attached hydrogens (primary N) is 1. The van der Waals surface area contributed by atoms with Crippen molar-refractivity contribution in [2.45, 2.75) is 131 Å². The number of likely N-dealkylation sites (tertiary alicyclic amines) is 2. The zero-order chi connectivity index (χ0) is 57.7. The fourth-order valence-corrected chi connectivity index (χ4v) is 10.4. The largest absolute Gasteiger partial charge is 0.565 e. The number of anilines is 4. The highest BCUT2D eigenvalue weighted by atomic mass is 31.1. The fourth-order valence-electron chi connectivity index (χ4n) is 10.4. The maximum atomic E-state index is 13.9. The van der Waals surface area contributed by atoms with E-state index in [2.05, 4.69) is 30.4 Å². The van der Waals surface area contributed by atoms with E-state index < -0.39 is 19.9 Å². The Labute approximate surface area is 466 Å². The summed E-state index contributed by atoms with van der Waals surface area (Å²) in [5, 5.41) is 25.2. The number of ether oxygens (including phenoxy) is 1. The van der Waals surface area contributed by atoms with E-state index in [1.54, 1.807) is 21.2 Å². The molecule has 10 rings (SSSR count). The van der Waals surface area contributed by atoms with Gasteiger partial charge in [-0.15, -0.1) is 0 Å². The molecule has 4 saturated heterocycles. The Kier molecular flexibility index (Phi) is 18.1. The van der Waals surface area contributed by atoms with E-state index in [4.69, 9.17) is 45.4 Å². The molecule has 6 aromatic rings. The molecule has 0 bridgehead atoms. The fraction of sp³-hybridized carbons (Fsp3) is 0.473. The Balaban J connectivity index is 0.000000216. The molecule has 24 nitrogen and oxygen atoms in total. The van der Waals surface area contributed by atoms with Crippen molar-refractivity contribution in [2.75, 3.05) is 59.7 Å². The van der Waals surface area contributed by atoms with Crippen molar-refractivity contribution in [1.29, 1.82) is 0 Å². The van der Waals surface area contributed by atoms with Gasteiger partial charge in [0.25, 0.3) is 11.8 Å². The monoisotopic (exact) mass is 1120 g/mol. The molecule has 80 heavy (non-hydrogen) atoms. The van der Waals surface area contributed by atoms with E-state index in [1.165, 1.54) is 13.8 Å². The number of nitrogens with zero attached hydrogens (tertiary/aromatic N) is 10. The first-order valence-electron chi connectivity index (χ1n) is 26.8. The summed E-state index contributed by atoms with van der Waals surface area (Å²) in [6, 6.07) is 14.8. The number of aromatic nitrogens is 6. The summed E-state index contributed by atoms with van der Waals surface area (Å²) in [6.07, 6.45) is 9.04. The summed E-state index contributed by atoms with van der Waals surface area (Å²) < 4.78 is 20.6. The number of hydrogen-bond acceptors (Lipinski definition) is 17. The lowest BCUT2D eigenvalue weighted by atomic mass is 9.97. The smallest absolute Gasteiger partial charge is 0.521 e. The zero-order valence-corrected chi connectivity index (χ0v) is 47.6. The summed E-state index contributed by atoms with van der Waals surface area (Å²) in [7, 11) is -3.04. The average Bonchev–Trinajstić information content (AvgIpc) is 4.00. The highest BCUT2D eigenvalue weighted by Crippen LogP contribution is 2.36. The second-order valence-corrected chi connectivity index (χ2v) is 22.5. The Morgan fingerprint density at radius 2 is 1.12 bits per heavy atom. The molecule has 4 aliphatic heterocycles. The van der Waals surface area contributed by atoms with E-state index >= 15 is 0 Å². The van der Waals surface area contributed by atoms with E-state index in [0.717, 1.165) is 103 Å². The van der Waals surface area contributed by atoms with Crippen molar-refractivity contribution >= 4 is 72.3 Å². The van der Waals surface area contributed by atoms with E-state index in [9.17, 15) is 24.0 Å². The van der Waals surface area contributed by atoms with Gasteiger partial charge in [0.05, 0.1) is 52.0 Å². The number of aryl methyl sites for hydroxylation is 4. The molecular weight excluding hydrogens is 1050 g/mol. The number of benzene rings is 2. The third-order valence-corrected chi connectivity index (χ3v) is 14.2. The van der Waals surface area contributed by atoms with E-state index in [-0.39, 0.29) is 49.2 Å². The molecule has 8 heterocycles. The SMILES string of the molecule is CC(=O)Nc1ccc(C)cc1C(=O)N1CCCC[C@H]1c1cc2nc(N3CC(N)C3)c(C)cn2n1.CC(=O)Nc1ccc(C)cc1C(=O)N1CCCC[C@H]1c1cc2nc(N3CC(NC(=O)OC(C)(C)C)C3)c(C)cn2n1.O=[P+]([O-])OO.[HH]. The molecule has 6 N–H and O–H groups in total. The molecule has 0 aliphatic carbocycles. The molecule has 2 aromatic carbocycles. The molecule has 5 amide bonds. The van der Waals surface area contributed by atoms with Crippen LogP contribution in [0.2, 0.25) is 0 Å². The first kappa shape index (κ1) is 58.5. The van der Waals surface area contributed by atoms with Crippen LogP contribution in [0.15, 0.2) is 60.9 Å². The van der Waals surface area contributed by atoms with Gasteiger partial charge in [-0.2, -0.15) is 10.2 Å². The topological polar surface area (TPSA) is 300 Å². The number of rotatable bonds is 10. The molecule has 4 aliphatic rings. The molecule has 0 spiro atoms. The normalized spacial score (nSPS) is 17.8. The van der Waals surface area contributed by atoms with Crippen LogP contribution in [0.5, 0.6) is 0 Å². The summed E-state index contributed by atoms with van der Waals surface area (Å²) in [6.45, 7) is 20.5. The van der Waals surface area contributed by atoms with Crippen LogP contribution in [-0.4, -0.2) is 131 Å². The minimum atomic E-state index is -3.04. The second-order valence-electron chi connectivity index (χ2n) is 21.9. The van der Waals surface area contributed by atoms with E-state index in [0.29, 0.717) is 54.3 Å². The van der Waals surface area contributed by atoms with Crippen molar-refractivity contribution in [3.8, 4) is 0 Å². The number of hydrogen-bond donors (Lipinski definition) is 5. The summed E-state index contributed by atoms with van der Waals surface area (Å²) in [5.74, 6) is 1.17. The van der Waals surface area contributed by atoms with Crippen molar-refractivity contribution in [3.63, 3.8) is 0 Å². The minimum Gasteiger partial charge on any atom is -0.565 e. The van der Waals surface area contributed by atoms with E-state index in [1.807, 2.05) is 107 Å². The van der Waals surface area contributed by atoms with Crippen LogP contribution in [0.1, 0.15) is 141 Å². The van der Waals surface area contributed by atoms with Gasteiger partial charge >= 0.3 is 14.3 Å². The van der Waals surface area contributed by atoms with Crippen LogP contribution in [0.3, 0.4) is 0 Å². The third kappa shape index (κ3) is 14.0. The molecule has 428 valence electrons. The van der Waals surface area contributed by atoms with Crippen molar-refractivity contribution < 1.29 is 49.5 Å². The van der Waals surface area contributed by atoms with Crippen LogP contribution in [0.25, 0.3) is 11.3 Å². The van der Waals surface area contributed by atoms with Crippen LogP contribution in [0.4, 0.5) is 27.8 Å². The van der Waals surface area contributed by atoms with Crippen molar-refractivity contribution in [2.24, 2.45) is 5.73 Å². The Morgan fingerprint density at radius 3 is 1.51 bits per heavy atom. The number of carbonyl (C=O) groups excluding carboxylic acids is 5. The number of nitrogens with one attached hydrogen (secondary N) is 3. The highest BCUT2D eigenvalue weighted by Gasteiger charge is 2.36. The van der Waals surface area contributed by atoms with Gasteiger partial charge in [-0.1, -0.05) is 23.3 Å². The molecule has 0 radical (unpaired) electrons. The quantitative estimate of drug-likeness (QED) is 0.0527. The number of fused-ring (bicyclic) bond motifs is 2. The Morgan fingerprint density at radius 1 is 0.700 bits per heavy atom. The van der Waals surface area contributed by atoms with Crippen molar-refractivity contribution in [1.82, 2.24) is 44.3 Å². The lowest BCUT2D eigenvalue weighted by molar-refractivity contribution is -0.244. The van der Waals surface area contributed by atoms with Gasteiger partial charge in [0.2, 0.25) is 11.8 Å². The lowest BCUT2D eigenvalue weighted by Crippen LogP contribution is -2.60. The third-order valence-electron chi connectivity index (χ3n) is 14.1. The summed E-state index contributed by atoms with van der Waals surface area (Å²) in [5.41, 5.74) is 14.5. The number of piperidine rings is 2. The lowest BCUT2D eigenvalue weighted by Gasteiger charge is -2.41. The van der Waals surface area contributed by atoms with Crippen LogP contribution < -0.4 is 36.4 Å². The maximum Gasteiger partial charge on any atom is 0.521 e. The van der Waals surface area contributed by atoms with Gasteiger partial charge in [-0.3, -0.25) is 19.2 Å². The molecule has 3 atom stereocenters. The predicted octanol–water partition coefficient (Wildman–Crippen LogP) is 6.94. The van der Waals surface area contributed by atoms with Crippen LogP contribution >= 0.6 is 8.25 Å². The molecule has 1 unspecified atom stereocenters. The number of alkyl carbamates (subject to hydrolysis) is 1. The summed E-state index contributed by atoms with van der Waals surface area (Å²) in [4.78, 5) is 90.0. The number of carbonyl (C=O) groups is 5. The number of amides is 5. The van der Waals surface area contributed by atoms with Gasteiger partial charge in [0, 0.05) is 101 Å². The first-order chi connectivity index (χ1) is 37.9. The minimum absolute atomic E-state index is 0. The zero-order valence-electron chi connectivity index (χ0n) is 46.7. The molecule has 4 fully saturated rings. The predicted molar refractivity (Wildman–Crippen MR) is 301 cm³/mol. The van der Waals surface area contributed by atoms with Crippen LogP contribution in [0, 0.1) is 27.7 Å². The Bertz CT molecular complexity index is 3320. The van der Waals surface area contributed by atoms with Gasteiger partial charge in [0.15, 0.2) is 11.3 Å². The van der Waals surface area contributed by atoms with Crippen molar-refractivity contribution in [3.05, 3.63) is 106 Å². The van der Waals surface area contributed by atoms with Gasteiger partial charge in [0.1, 0.15) is 17.2 Å².